The number of aliphatic carboxylic acids is 1. The maximum absolute atomic E-state index is 10.5. The van der Waals surface area contributed by atoms with Gasteiger partial charge < -0.3 is 9.63 Å². The Kier molecular flexibility index (Phi) is 3.53. The van der Waals surface area contributed by atoms with E-state index in [1.807, 2.05) is 24.3 Å². The number of nitrogens with zero attached hydrogens (tertiary/aromatic N) is 2. The van der Waals surface area contributed by atoms with Crippen LogP contribution in [-0.4, -0.2) is 21.2 Å². The van der Waals surface area contributed by atoms with Gasteiger partial charge in [0.2, 0.25) is 5.89 Å². The van der Waals surface area contributed by atoms with E-state index in [-0.39, 0.29) is 12.3 Å². The van der Waals surface area contributed by atoms with Crippen molar-refractivity contribution in [2.75, 3.05) is 0 Å². The summed E-state index contributed by atoms with van der Waals surface area (Å²) in [6.07, 6.45) is 0.257. The van der Waals surface area contributed by atoms with E-state index >= 15 is 0 Å². The fraction of sp³-hybridized carbons (Fsp3) is 0.182. The zero-order valence-corrected chi connectivity index (χ0v) is 10.3. The van der Waals surface area contributed by atoms with Gasteiger partial charge in [-0.15, -0.1) is 0 Å². The SMILES string of the molecule is O=C(O)Cc1nc(Cc2ccccc2Br)no1. The highest BCUT2D eigenvalue weighted by Crippen LogP contribution is 2.18. The first-order chi connectivity index (χ1) is 8.15. The Morgan fingerprint density at radius 1 is 1.41 bits per heavy atom. The molecule has 0 bridgehead atoms. The standard InChI is InChI=1S/C11H9BrN2O3/c12-8-4-2-1-3-7(8)5-9-13-10(17-14-9)6-11(15)16/h1-4H,5-6H2,(H,15,16). The lowest BCUT2D eigenvalue weighted by Gasteiger charge is -1.99. The summed E-state index contributed by atoms with van der Waals surface area (Å²) in [6, 6.07) is 7.70. The monoisotopic (exact) mass is 296 g/mol. The summed E-state index contributed by atoms with van der Waals surface area (Å²) >= 11 is 3.42. The van der Waals surface area contributed by atoms with Crippen molar-refractivity contribution in [2.24, 2.45) is 0 Å². The highest BCUT2D eigenvalue weighted by atomic mass is 79.9. The molecule has 0 atom stereocenters. The van der Waals surface area contributed by atoms with Crippen LogP contribution in [0.3, 0.4) is 0 Å². The molecular formula is C11H9BrN2O3. The third-order valence-corrected chi connectivity index (χ3v) is 2.89. The summed E-state index contributed by atoms with van der Waals surface area (Å²) in [5, 5.41) is 12.3. The predicted octanol–water partition coefficient (Wildman–Crippen LogP) is 2.05. The predicted molar refractivity (Wildman–Crippen MR) is 62.6 cm³/mol. The van der Waals surface area contributed by atoms with Gasteiger partial charge in [0.25, 0.3) is 0 Å². The van der Waals surface area contributed by atoms with Crippen molar-refractivity contribution in [3.05, 3.63) is 46.0 Å². The highest BCUT2D eigenvalue weighted by Gasteiger charge is 2.11. The summed E-state index contributed by atoms with van der Waals surface area (Å²) in [5.41, 5.74) is 1.02. The van der Waals surface area contributed by atoms with Crippen molar-refractivity contribution in [1.82, 2.24) is 10.1 Å². The van der Waals surface area contributed by atoms with Crippen LogP contribution in [0.1, 0.15) is 17.3 Å². The number of aromatic nitrogens is 2. The van der Waals surface area contributed by atoms with Gasteiger partial charge in [0, 0.05) is 10.9 Å². The molecule has 1 aromatic carbocycles. The van der Waals surface area contributed by atoms with Gasteiger partial charge in [-0.3, -0.25) is 4.79 Å². The Hall–Kier alpha value is -1.69. The quantitative estimate of drug-likeness (QED) is 0.934. The van der Waals surface area contributed by atoms with E-state index in [0.29, 0.717) is 12.2 Å². The Bertz CT molecular complexity index is 539. The number of benzene rings is 1. The Morgan fingerprint density at radius 3 is 2.88 bits per heavy atom. The number of hydrogen-bond donors (Lipinski definition) is 1. The molecule has 1 aromatic heterocycles. The molecule has 0 spiro atoms. The van der Waals surface area contributed by atoms with Crippen LogP contribution in [0.5, 0.6) is 0 Å². The molecule has 1 heterocycles. The molecule has 0 aliphatic carbocycles. The lowest BCUT2D eigenvalue weighted by atomic mass is 10.1. The number of carboxylic acid groups (broad SMARTS) is 1. The van der Waals surface area contributed by atoms with E-state index in [0.717, 1.165) is 10.0 Å². The molecule has 0 saturated carbocycles. The van der Waals surface area contributed by atoms with Gasteiger partial charge in [-0.25, -0.2) is 0 Å². The molecule has 0 aliphatic heterocycles. The van der Waals surface area contributed by atoms with Crippen molar-refractivity contribution in [2.45, 2.75) is 12.8 Å². The second-order valence-electron chi connectivity index (χ2n) is 3.44. The number of rotatable bonds is 4. The molecule has 0 saturated heterocycles. The Balaban J connectivity index is 2.12. The first-order valence-corrected chi connectivity index (χ1v) is 5.71. The summed E-state index contributed by atoms with van der Waals surface area (Å²) in [4.78, 5) is 14.5. The van der Waals surface area contributed by atoms with Gasteiger partial charge in [-0.2, -0.15) is 4.98 Å². The van der Waals surface area contributed by atoms with Gasteiger partial charge in [0.05, 0.1) is 0 Å². The zero-order valence-electron chi connectivity index (χ0n) is 8.76. The number of carboxylic acids is 1. The minimum Gasteiger partial charge on any atom is -0.481 e. The Morgan fingerprint density at radius 2 is 2.18 bits per heavy atom. The second kappa shape index (κ2) is 5.09. The minimum absolute atomic E-state index is 0.125. The van der Waals surface area contributed by atoms with E-state index in [9.17, 15) is 4.79 Å². The van der Waals surface area contributed by atoms with Crippen LogP contribution >= 0.6 is 15.9 Å². The summed E-state index contributed by atoms with van der Waals surface area (Å²) in [5.74, 6) is -0.381. The fourth-order valence-electron chi connectivity index (χ4n) is 1.38. The van der Waals surface area contributed by atoms with Gasteiger partial charge >= 0.3 is 5.97 Å². The molecule has 88 valence electrons. The lowest BCUT2D eigenvalue weighted by molar-refractivity contribution is -0.136. The first-order valence-electron chi connectivity index (χ1n) is 4.92. The van der Waals surface area contributed by atoms with Gasteiger partial charge in [0.15, 0.2) is 5.82 Å². The van der Waals surface area contributed by atoms with E-state index in [2.05, 4.69) is 26.1 Å². The molecule has 6 heteroatoms. The first kappa shape index (κ1) is 11.8. The van der Waals surface area contributed by atoms with E-state index in [1.54, 1.807) is 0 Å². The summed E-state index contributed by atoms with van der Waals surface area (Å²) in [7, 11) is 0. The van der Waals surface area contributed by atoms with Crippen molar-refractivity contribution in [3.8, 4) is 0 Å². The van der Waals surface area contributed by atoms with Crippen molar-refractivity contribution in [3.63, 3.8) is 0 Å². The van der Waals surface area contributed by atoms with Gasteiger partial charge in [-0.1, -0.05) is 39.3 Å². The van der Waals surface area contributed by atoms with Crippen LogP contribution < -0.4 is 0 Å². The van der Waals surface area contributed by atoms with Crippen LogP contribution in [0.15, 0.2) is 33.3 Å². The average Bonchev–Trinajstić information content (AvgIpc) is 2.68. The summed E-state index contributed by atoms with van der Waals surface area (Å²) in [6.45, 7) is 0. The van der Waals surface area contributed by atoms with E-state index in [1.165, 1.54) is 0 Å². The molecule has 0 unspecified atom stereocenters. The molecule has 0 amide bonds. The van der Waals surface area contributed by atoms with Gasteiger partial charge in [-0.05, 0) is 11.6 Å². The number of halogens is 1. The molecule has 0 aliphatic rings. The lowest BCUT2D eigenvalue weighted by Crippen LogP contribution is -2.00. The second-order valence-corrected chi connectivity index (χ2v) is 4.30. The molecule has 0 radical (unpaired) electrons. The summed E-state index contributed by atoms with van der Waals surface area (Å²) < 4.78 is 5.79. The molecule has 17 heavy (non-hydrogen) atoms. The highest BCUT2D eigenvalue weighted by molar-refractivity contribution is 9.10. The molecule has 0 fully saturated rings. The zero-order chi connectivity index (χ0) is 12.3. The van der Waals surface area contributed by atoms with Crippen LogP contribution in [0.2, 0.25) is 0 Å². The maximum Gasteiger partial charge on any atom is 0.312 e. The molecule has 2 rings (SSSR count). The minimum atomic E-state index is -0.985. The molecular weight excluding hydrogens is 288 g/mol. The fourth-order valence-corrected chi connectivity index (χ4v) is 1.80. The van der Waals surface area contributed by atoms with E-state index < -0.39 is 5.97 Å². The smallest absolute Gasteiger partial charge is 0.312 e. The normalized spacial score (nSPS) is 10.4. The molecule has 5 nitrogen and oxygen atoms in total. The average molecular weight is 297 g/mol. The van der Waals surface area contributed by atoms with Crippen LogP contribution in [0.4, 0.5) is 0 Å². The van der Waals surface area contributed by atoms with Gasteiger partial charge in [0.1, 0.15) is 6.42 Å². The topological polar surface area (TPSA) is 76.2 Å². The van der Waals surface area contributed by atoms with Crippen molar-refractivity contribution < 1.29 is 14.4 Å². The number of carbonyl (C=O) groups is 1. The van der Waals surface area contributed by atoms with Crippen molar-refractivity contribution >= 4 is 21.9 Å². The number of hydrogen-bond acceptors (Lipinski definition) is 4. The van der Waals surface area contributed by atoms with Crippen LogP contribution in [0.25, 0.3) is 0 Å². The van der Waals surface area contributed by atoms with Crippen molar-refractivity contribution in [1.29, 1.82) is 0 Å². The van der Waals surface area contributed by atoms with Crippen LogP contribution in [-0.2, 0) is 17.6 Å². The molecule has 2 aromatic rings. The van der Waals surface area contributed by atoms with Crippen LogP contribution in [0, 0.1) is 0 Å². The largest absolute Gasteiger partial charge is 0.481 e. The maximum atomic E-state index is 10.5. The third-order valence-electron chi connectivity index (χ3n) is 2.12. The third kappa shape index (κ3) is 3.13. The van der Waals surface area contributed by atoms with E-state index in [4.69, 9.17) is 9.63 Å². The Labute approximate surface area is 106 Å². The molecule has 1 N–H and O–H groups in total.